The highest BCUT2D eigenvalue weighted by Gasteiger charge is 2.43. The van der Waals surface area contributed by atoms with Crippen LogP contribution in [0.3, 0.4) is 0 Å². The van der Waals surface area contributed by atoms with Gasteiger partial charge in [0.15, 0.2) is 0 Å². The lowest BCUT2D eigenvalue weighted by Crippen LogP contribution is -2.21. The molecule has 0 aliphatic heterocycles. The molecule has 0 bridgehead atoms. The lowest BCUT2D eigenvalue weighted by Gasteiger charge is -2.15. The van der Waals surface area contributed by atoms with E-state index in [1.165, 1.54) is 30.4 Å². The quantitative estimate of drug-likeness (QED) is 0.685. The average Bonchev–Trinajstić information content (AvgIpc) is 3.14. The third kappa shape index (κ3) is 1.89. The van der Waals surface area contributed by atoms with Gasteiger partial charge < -0.3 is 4.74 Å². The molecule has 2 saturated carbocycles. The second-order valence-electron chi connectivity index (χ2n) is 4.50. The van der Waals surface area contributed by atoms with Gasteiger partial charge in [-0.1, -0.05) is 0 Å². The van der Waals surface area contributed by atoms with Gasteiger partial charge in [0.25, 0.3) is 0 Å². The number of carbonyl (C=O) groups excluding carboxylic acids is 1. The zero-order valence-electron chi connectivity index (χ0n) is 8.50. The first kappa shape index (κ1) is 8.95. The molecule has 2 fully saturated rings. The summed E-state index contributed by atoms with van der Waals surface area (Å²) in [4.78, 5) is 10.4. The molecule has 0 spiro atoms. The average molecular weight is 206 g/mol. The lowest BCUT2D eigenvalue weighted by molar-refractivity contribution is 0.147. The zero-order chi connectivity index (χ0) is 10.3. The van der Waals surface area contributed by atoms with Crippen LogP contribution >= 0.6 is 0 Å². The molecule has 15 heavy (non-hydrogen) atoms. The van der Waals surface area contributed by atoms with E-state index in [1.807, 2.05) is 0 Å². The molecular formula is C11H14N2O2. The van der Waals surface area contributed by atoms with E-state index in [0.717, 1.165) is 11.8 Å². The summed E-state index contributed by atoms with van der Waals surface area (Å²) in [6.07, 6.45) is 7.80. The van der Waals surface area contributed by atoms with Crippen molar-refractivity contribution in [2.75, 3.05) is 0 Å². The highest BCUT2D eigenvalue weighted by molar-refractivity contribution is 5.50. The van der Waals surface area contributed by atoms with E-state index in [4.69, 9.17) is 4.74 Å². The predicted octanol–water partition coefficient (Wildman–Crippen LogP) is 1.49. The van der Waals surface area contributed by atoms with Crippen LogP contribution in [0.5, 0.6) is 5.88 Å². The SMILES string of the molecule is O=Cn1ccc(OC(C2CC2)C2CC2)n1. The molecule has 1 heterocycles. The van der Waals surface area contributed by atoms with Gasteiger partial charge in [-0.15, -0.1) is 5.10 Å². The minimum atomic E-state index is 0.347. The van der Waals surface area contributed by atoms with E-state index in [2.05, 4.69) is 5.10 Å². The van der Waals surface area contributed by atoms with E-state index in [1.54, 1.807) is 12.3 Å². The van der Waals surface area contributed by atoms with Crippen LogP contribution in [0.25, 0.3) is 0 Å². The molecule has 80 valence electrons. The smallest absolute Gasteiger partial charge is 0.234 e. The number of hydrogen-bond donors (Lipinski definition) is 0. The molecule has 0 aromatic carbocycles. The summed E-state index contributed by atoms with van der Waals surface area (Å²) in [6.45, 7) is 0. The summed E-state index contributed by atoms with van der Waals surface area (Å²) in [5.74, 6) is 2.06. The molecule has 0 atom stereocenters. The maximum absolute atomic E-state index is 10.4. The Labute approximate surface area is 88.2 Å². The van der Waals surface area contributed by atoms with Gasteiger partial charge in [0, 0.05) is 12.3 Å². The summed E-state index contributed by atoms with van der Waals surface area (Å²) >= 11 is 0. The third-order valence-corrected chi connectivity index (χ3v) is 3.12. The first-order valence-electron chi connectivity index (χ1n) is 5.54. The van der Waals surface area contributed by atoms with E-state index in [-0.39, 0.29) is 0 Å². The Hall–Kier alpha value is -1.32. The van der Waals surface area contributed by atoms with Crippen molar-refractivity contribution in [3.63, 3.8) is 0 Å². The number of carbonyl (C=O) groups is 1. The second-order valence-corrected chi connectivity index (χ2v) is 4.50. The van der Waals surface area contributed by atoms with Gasteiger partial charge in [0.05, 0.1) is 0 Å². The molecule has 2 aliphatic carbocycles. The van der Waals surface area contributed by atoms with Crippen LogP contribution in [0.4, 0.5) is 0 Å². The van der Waals surface area contributed by atoms with E-state index < -0.39 is 0 Å². The van der Waals surface area contributed by atoms with Crippen LogP contribution in [0.2, 0.25) is 0 Å². The summed E-state index contributed by atoms with van der Waals surface area (Å²) in [5.41, 5.74) is 0. The van der Waals surface area contributed by atoms with Gasteiger partial charge >= 0.3 is 0 Å². The minimum absolute atomic E-state index is 0.347. The molecule has 0 saturated heterocycles. The number of ether oxygens (including phenoxy) is 1. The maximum Gasteiger partial charge on any atom is 0.234 e. The highest BCUT2D eigenvalue weighted by atomic mass is 16.5. The molecule has 4 nitrogen and oxygen atoms in total. The Bertz CT molecular complexity index is 354. The largest absolute Gasteiger partial charge is 0.473 e. The topological polar surface area (TPSA) is 44.1 Å². The van der Waals surface area contributed by atoms with Crippen LogP contribution in [-0.2, 0) is 4.79 Å². The fourth-order valence-electron chi connectivity index (χ4n) is 2.01. The van der Waals surface area contributed by atoms with Crippen LogP contribution < -0.4 is 4.74 Å². The molecule has 3 rings (SSSR count). The van der Waals surface area contributed by atoms with Crippen molar-refractivity contribution in [2.24, 2.45) is 11.8 Å². The summed E-state index contributed by atoms with van der Waals surface area (Å²) in [5, 5.41) is 4.02. The van der Waals surface area contributed by atoms with Gasteiger partial charge in [-0.2, -0.15) is 0 Å². The van der Waals surface area contributed by atoms with E-state index >= 15 is 0 Å². The van der Waals surface area contributed by atoms with Crippen LogP contribution in [0, 0.1) is 11.8 Å². The molecule has 0 unspecified atom stereocenters. The van der Waals surface area contributed by atoms with Crippen molar-refractivity contribution >= 4 is 6.41 Å². The molecular weight excluding hydrogens is 192 g/mol. The Balaban J connectivity index is 1.68. The molecule has 0 radical (unpaired) electrons. The summed E-state index contributed by atoms with van der Waals surface area (Å²) in [6, 6.07) is 1.76. The number of hydrogen-bond acceptors (Lipinski definition) is 3. The number of nitrogens with zero attached hydrogens (tertiary/aromatic N) is 2. The van der Waals surface area contributed by atoms with Gasteiger partial charge in [-0.3, -0.25) is 4.79 Å². The molecule has 1 aromatic heterocycles. The molecule has 2 aliphatic rings. The molecule has 4 heteroatoms. The van der Waals surface area contributed by atoms with Crippen molar-refractivity contribution in [1.29, 1.82) is 0 Å². The maximum atomic E-state index is 10.4. The Morgan fingerprint density at radius 3 is 2.53 bits per heavy atom. The van der Waals surface area contributed by atoms with E-state index in [0.29, 0.717) is 18.4 Å². The van der Waals surface area contributed by atoms with Crippen molar-refractivity contribution in [1.82, 2.24) is 9.78 Å². The van der Waals surface area contributed by atoms with Crippen molar-refractivity contribution in [3.05, 3.63) is 12.3 Å². The molecule has 0 N–H and O–H groups in total. The molecule has 0 amide bonds. The van der Waals surface area contributed by atoms with Gasteiger partial charge in [-0.25, -0.2) is 4.68 Å². The normalized spacial score (nSPS) is 20.6. The fraction of sp³-hybridized carbons (Fsp3) is 0.636. The van der Waals surface area contributed by atoms with Gasteiger partial charge in [0.2, 0.25) is 12.3 Å². The summed E-state index contributed by atoms with van der Waals surface area (Å²) in [7, 11) is 0. The standard InChI is InChI=1S/C11H14N2O2/c14-7-13-6-5-10(12-13)15-11(8-1-2-8)9-3-4-9/h5-9,11H,1-4H2. The first-order valence-corrected chi connectivity index (χ1v) is 5.54. The van der Waals surface area contributed by atoms with Gasteiger partial charge in [-0.05, 0) is 37.5 Å². The molecule has 1 aromatic rings. The zero-order valence-corrected chi connectivity index (χ0v) is 8.50. The van der Waals surface area contributed by atoms with Gasteiger partial charge in [0.1, 0.15) is 6.10 Å². The predicted molar refractivity (Wildman–Crippen MR) is 54.2 cm³/mol. The highest BCUT2D eigenvalue weighted by Crippen LogP contribution is 2.46. The Morgan fingerprint density at radius 2 is 2.07 bits per heavy atom. The lowest BCUT2D eigenvalue weighted by atomic mass is 10.1. The number of rotatable bonds is 5. The van der Waals surface area contributed by atoms with Crippen molar-refractivity contribution in [3.8, 4) is 5.88 Å². The second kappa shape index (κ2) is 3.36. The van der Waals surface area contributed by atoms with E-state index in [9.17, 15) is 4.79 Å². The van der Waals surface area contributed by atoms with Crippen LogP contribution in [0.1, 0.15) is 25.7 Å². The van der Waals surface area contributed by atoms with Crippen molar-refractivity contribution < 1.29 is 9.53 Å². The minimum Gasteiger partial charge on any atom is -0.473 e. The fourth-order valence-corrected chi connectivity index (χ4v) is 2.01. The van der Waals surface area contributed by atoms with Crippen LogP contribution in [0.15, 0.2) is 12.3 Å². The Morgan fingerprint density at radius 1 is 1.40 bits per heavy atom. The summed E-state index contributed by atoms with van der Waals surface area (Å²) < 4.78 is 7.10. The monoisotopic (exact) mass is 206 g/mol. The Kier molecular flexibility index (Phi) is 2.01. The number of aromatic nitrogens is 2. The van der Waals surface area contributed by atoms with Crippen LogP contribution in [-0.4, -0.2) is 22.3 Å². The van der Waals surface area contributed by atoms with Crippen molar-refractivity contribution in [2.45, 2.75) is 31.8 Å². The first-order chi connectivity index (χ1) is 7.36. The third-order valence-electron chi connectivity index (χ3n) is 3.12.